The lowest BCUT2D eigenvalue weighted by Gasteiger charge is -2.22. The molecular formula is C18H22N2O2. The van der Waals surface area contributed by atoms with Gasteiger partial charge in [-0.25, -0.2) is 0 Å². The predicted octanol–water partition coefficient (Wildman–Crippen LogP) is 2.58. The molecule has 1 fully saturated rings. The second kappa shape index (κ2) is 5.59. The van der Waals surface area contributed by atoms with Crippen LogP contribution in [0.2, 0.25) is 0 Å². The lowest BCUT2D eigenvalue weighted by atomic mass is 10.0. The van der Waals surface area contributed by atoms with E-state index in [4.69, 9.17) is 0 Å². The van der Waals surface area contributed by atoms with Gasteiger partial charge in [-0.3, -0.25) is 14.5 Å². The molecule has 4 nitrogen and oxygen atoms in total. The van der Waals surface area contributed by atoms with Crippen molar-refractivity contribution in [2.24, 2.45) is 0 Å². The molecule has 2 aliphatic rings. The molecule has 0 saturated carbocycles. The predicted molar refractivity (Wildman–Crippen MR) is 85.9 cm³/mol. The second-order valence-corrected chi connectivity index (χ2v) is 6.36. The summed E-state index contributed by atoms with van der Waals surface area (Å²) in [6, 6.07) is 7.73. The van der Waals surface area contributed by atoms with E-state index in [0.29, 0.717) is 11.3 Å². The summed E-state index contributed by atoms with van der Waals surface area (Å²) < 4.78 is 0. The summed E-state index contributed by atoms with van der Waals surface area (Å²) in [7, 11) is 0. The Morgan fingerprint density at radius 1 is 0.955 bits per heavy atom. The molecule has 0 unspecified atom stereocenters. The molecule has 0 atom stereocenters. The zero-order valence-corrected chi connectivity index (χ0v) is 13.4. The van der Waals surface area contributed by atoms with Gasteiger partial charge < -0.3 is 4.90 Å². The molecule has 22 heavy (non-hydrogen) atoms. The minimum Gasteiger partial charge on any atom is -0.366 e. The van der Waals surface area contributed by atoms with Gasteiger partial charge in [0.15, 0.2) is 0 Å². The normalized spacial score (nSPS) is 19.1. The fourth-order valence-corrected chi connectivity index (χ4v) is 3.22. The maximum Gasteiger partial charge on any atom is 0.278 e. The number of rotatable bonds is 3. The van der Waals surface area contributed by atoms with Gasteiger partial charge >= 0.3 is 0 Å². The minimum atomic E-state index is -0.161. The molecule has 0 aromatic heterocycles. The van der Waals surface area contributed by atoms with Crippen LogP contribution < -0.4 is 0 Å². The molecule has 0 N–H and O–H groups in total. The van der Waals surface area contributed by atoms with Crippen molar-refractivity contribution >= 4 is 17.4 Å². The van der Waals surface area contributed by atoms with Crippen LogP contribution in [0.1, 0.15) is 37.8 Å². The third-order valence-corrected chi connectivity index (χ3v) is 4.37. The van der Waals surface area contributed by atoms with Crippen molar-refractivity contribution in [2.45, 2.75) is 39.7 Å². The molecule has 116 valence electrons. The molecule has 2 aliphatic heterocycles. The zero-order valence-electron chi connectivity index (χ0n) is 13.4. The molecule has 1 aromatic carbocycles. The zero-order chi connectivity index (χ0) is 15.9. The van der Waals surface area contributed by atoms with Gasteiger partial charge in [-0.1, -0.05) is 29.8 Å². The smallest absolute Gasteiger partial charge is 0.278 e. The average molecular weight is 298 g/mol. The molecule has 2 amide bonds. The van der Waals surface area contributed by atoms with E-state index in [1.165, 1.54) is 4.90 Å². The molecule has 0 aliphatic carbocycles. The first-order valence-corrected chi connectivity index (χ1v) is 7.95. The molecular weight excluding hydrogens is 276 g/mol. The Kier molecular flexibility index (Phi) is 3.77. The highest BCUT2D eigenvalue weighted by molar-refractivity contribution is 6.35. The van der Waals surface area contributed by atoms with Crippen LogP contribution in [0.5, 0.6) is 0 Å². The maximum atomic E-state index is 12.8. The van der Waals surface area contributed by atoms with Gasteiger partial charge in [0.1, 0.15) is 5.70 Å². The van der Waals surface area contributed by atoms with Gasteiger partial charge in [0, 0.05) is 19.1 Å². The van der Waals surface area contributed by atoms with Crippen LogP contribution in [0, 0.1) is 6.92 Å². The highest BCUT2D eigenvalue weighted by atomic mass is 16.2. The summed E-state index contributed by atoms with van der Waals surface area (Å²) in [5.74, 6) is -0.303. The monoisotopic (exact) mass is 298 g/mol. The standard InChI is InChI=1S/C18H22N2O2/c1-12(2)20-17(21)15(14-8-6-13(3)7-9-14)16(18(20)22)19-10-4-5-11-19/h6-9,12H,4-5,10-11H2,1-3H3. The number of nitrogens with zero attached hydrogens (tertiary/aromatic N) is 2. The Bertz CT molecular complexity index is 638. The molecule has 1 saturated heterocycles. The minimum absolute atomic E-state index is 0.124. The number of imide groups is 1. The van der Waals surface area contributed by atoms with Crippen LogP contribution in [-0.4, -0.2) is 40.7 Å². The third kappa shape index (κ3) is 2.32. The molecule has 0 radical (unpaired) electrons. The van der Waals surface area contributed by atoms with Gasteiger partial charge in [-0.05, 0) is 39.2 Å². The number of carbonyl (C=O) groups is 2. The number of benzene rings is 1. The first-order chi connectivity index (χ1) is 10.5. The van der Waals surface area contributed by atoms with Crippen molar-refractivity contribution in [1.29, 1.82) is 0 Å². The van der Waals surface area contributed by atoms with E-state index in [-0.39, 0.29) is 17.9 Å². The van der Waals surface area contributed by atoms with Crippen LogP contribution in [0.25, 0.3) is 5.57 Å². The van der Waals surface area contributed by atoms with Crippen molar-refractivity contribution < 1.29 is 9.59 Å². The van der Waals surface area contributed by atoms with E-state index in [1.54, 1.807) is 0 Å². The van der Waals surface area contributed by atoms with Crippen LogP contribution in [-0.2, 0) is 9.59 Å². The first-order valence-electron chi connectivity index (χ1n) is 7.95. The highest BCUT2D eigenvalue weighted by Crippen LogP contribution is 2.34. The summed E-state index contributed by atoms with van der Waals surface area (Å²) in [5.41, 5.74) is 3.15. The van der Waals surface area contributed by atoms with Crippen LogP contribution >= 0.6 is 0 Å². The fourth-order valence-electron chi connectivity index (χ4n) is 3.22. The summed E-state index contributed by atoms with van der Waals surface area (Å²) in [6.07, 6.45) is 2.15. The van der Waals surface area contributed by atoms with E-state index in [9.17, 15) is 9.59 Å². The lowest BCUT2D eigenvalue weighted by Crippen LogP contribution is -2.39. The van der Waals surface area contributed by atoms with Crippen LogP contribution in [0.3, 0.4) is 0 Å². The lowest BCUT2D eigenvalue weighted by molar-refractivity contribution is -0.139. The quantitative estimate of drug-likeness (QED) is 0.805. The van der Waals surface area contributed by atoms with E-state index >= 15 is 0 Å². The number of hydrogen-bond donors (Lipinski definition) is 0. The van der Waals surface area contributed by atoms with Crippen molar-refractivity contribution in [3.8, 4) is 0 Å². The Morgan fingerprint density at radius 2 is 1.55 bits per heavy atom. The van der Waals surface area contributed by atoms with E-state index in [2.05, 4.69) is 4.90 Å². The van der Waals surface area contributed by atoms with Crippen molar-refractivity contribution in [3.05, 3.63) is 41.1 Å². The Labute approximate surface area is 131 Å². The second-order valence-electron chi connectivity index (χ2n) is 6.36. The number of amides is 2. The summed E-state index contributed by atoms with van der Waals surface area (Å²) >= 11 is 0. The molecule has 4 heteroatoms. The topological polar surface area (TPSA) is 40.6 Å². The summed E-state index contributed by atoms with van der Waals surface area (Å²) in [6.45, 7) is 7.50. The molecule has 0 spiro atoms. The first kappa shape index (κ1) is 14.8. The van der Waals surface area contributed by atoms with E-state index in [0.717, 1.165) is 37.1 Å². The molecule has 2 heterocycles. The van der Waals surface area contributed by atoms with Crippen molar-refractivity contribution in [2.75, 3.05) is 13.1 Å². The Balaban J connectivity index is 2.11. The largest absolute Gasteiger partial charge is 0.366 e. The number of hydrogen-bond acceptors (Lipinski definition) is 3. The van der Waals surface area contributed by atoms with Crippen LogP contribution in [0.4, 0.5) is 0 Å². The van der Waals surface area contributed by atoms with E-state index < -0.39 is 0 Å². The summed E-state index contributed by atoms with van der Waals surface area (Å²) in [4.78, 5) is 29.1. The van der Waals surface area contributed by atoms with Gasteiger partial charge in [0.2, 0.25) is 0 Å². The third-order valence-electron chi connectivity index (χ3n) is 4.37. The van der Waals surface area contributed by atoms with Crippen LogP contribution in [0.15, 0.2) is 30.0 Å². The van der Waals surface area contributed by atoms with Crippen molar-refractivity contribution in [1.82, 2.24) is 9.80 Å². The van der Waals surface area contributed by atoms with Gasteiger partial charge in [0.05, 0.1) is 5.57 Å². The molecule has 0 bridgehead atoms. The van der Waals surface area contributed by atoms with Gasteiger partial charge in [0.25, 0.3) is 11.8 Å². The summed E-state index contributed by atoms with van der Waals surface area (Å²) in [5, 5.41) is 0. The van der Waals surface area contributed by atoms with Gasteiger partial charge in [-0.15, -0.1) is 0 Å². The molecule has 3 rings (SSSR count). The van der Waals surface area contributed by atoms with E-state index in [1.807, 2.05) is 45.0 Å². The number of aryl methyl sites for hydroxylation is 1. The number of likely N-dealkylation sites (tertiary alicyclic amines) is 1. The average Bonchev–Trinajstić information content (AvgIpc) is 3.06. The van der Waals surface area contributed by atoms with Crippen molar-refractivity contribution in [3.63, 3.8) is 0 Å². The maximum absolute atomic E-state index is 12.8. The number of carbonyl (C=O) groups excluding carboxylic acids is 2. The molecule has 1 aromatic rings. The Morgan fingerprint density at radius 3 is 2.09 bits per heavy atom. The van der Waals surface area contributed by atoms with Gasteiger partial charge in [-0.2, -0.15) is 0 Å². The highest BCUT2D eigenvalue weighted by Gasteiger charge is 2.43. The SMILES string of the molecule is Cc1ccc(C2=C(N3CCCC3)C(=O)N(C(C)C)C2=O)cc1. The fraction of sp³-hybridized carbons (Fsp3) is 0.444. The Hall–Kier alpha value is -2.10.